The zero-order valence-electron chi connectivity index (χ0n) is 15.6. The predicted octanol–water partition coefficient (Wildman–Crippen LogP) is 3.74. The van der Waals surface area contributed by atoms with E-state index < -0.39 is 0 Å². The monoisotopic (exact) mass is 348 g/mol. The molecule has 0 aliphatic rings. The predicted molar refractivity (Wildman–Crippen MR) is 104 cm³/mol. The van der Waals surface area contributed by atoms with Crippen LogP contribution in [0.25, 0.3) is 0 Å². The summed E-state index contributed by atoms with van der Waals surface area (Å²) in [5, 5.41) is 12.3. The standard InChI is InChI=1S/C21H24N4O/c1-13-7-5-6-8-18(13)20(16-9-11-17(26-4)12-10-16)19-14(2)24-25(15(19)3)21(22)23/h5-12,20H,1-4H3,(H3,22,23). The van der Waals surface area contributed by atoms with E-state index in [-0.39, 0.29) is 11.9 Å². The van der Waals surface area contributed by atoms with Gasteiger partial charge in [0.1, 0.15) is 5.75 Å². The van der Waals surface area contributed by atoms with Crippen molar-refractivity contribution >= 4 is 5.96 Å². The van der Waals surface area contributed by atoms with Crippen molar-refractivity contribution in [3.8, 4) is 5.75 Å². The summed E-state index contributed by atoms with van der Waals surface area (Å²) in [7, 11) is 1.67. The quantitative estimate of drug-likeness (QED) is 0.557. The lowest BCUT2D eigenvalue weighted by Gasteiger charge is -2.21. The molecule has 0 radical (unpaired) electrons. The number of nitrogen functional groups attached to an aromatic ring is 1. The first-order chi connectivity index (χ1) is 12.4. The van der Waals surface area contributed by atoms with Gasteiger partial charge in [0, 0.05) is 17.2 Å². The summed E-state index contributed by atoms with van der Waals surface area (Å²) < 4.78 is 6.81. The molecule has 0 saturated carbocycles. The Balaban J connectivity index is 2.25. The average Bonchev–Trinajstić information content (AvgIpc) is 2.93. The normalized spacial score (nSPS) is 12.0. The van der Waals surface area contributed by atoms with Gasteiger partial charge in [0.25, 0.3) is 0 Å². The van der Waals surface area contributed by atoms with Crippen LogP contribution >= 0.6 is 0 Å². The minimum atomic E-state index is -0.0740. The van der Waals surface area contributed by atoms with Crippen molar-refractivity contribution < 1.29 is 4.74 Å². The van der Waals surface area contributed by atoms with Gasteiger partial charge in [-0.25, -0.2) is 4.68 Å². The maximum atomic E-state index is 7.79. The molecule has 1 aromatic heterocycles. The maximum absolute atomic E-state index is 7.79. The number of methoxy groups -OCH3 is 1. The first-order valence-corrected chi connectivity index (χ1v) is 8.54. The topological polar surface area (TPSA) is 76.9 Å². The van der Waals surface area contributed by atoms with E-state index in [1.165, 1.54) is 15.8 Å². The molecule has 3 N–H and O–H groups in total. The van der Waals surface area contributed by atoms with Gasteiger partial charge in [0.05, 0.1) is 12.8 Å². The van der Waals surface area contributed by atoms with E-state index in [1.807, 2.05) is 32.0 Å². The Morgan fingerprint density at radius 1 is 1.08 bits per heavy atom. The zero-order chi connectivity index (χ0) is 18.8. The SMILES string of the molecule is COc1ccc(C(c2ccccc2C)c2c(C)nn(C(=N)N)c2C)cc1. The van der Waals surface area contributed by atoms with Gasteiger partial charge < -0.3 is 10.5 Å². The highest BCUT2D eigenvalue weighted by molar-refractivity contribution is 5.77. The molecule has 1 unspecified atom stereocenters. The molecule has 0 amide bonds. The van der Waals surface area contributed by atoms with Gasteiger partial charge in [0.15, 0.2) is 0 Å². The van der Waals surface area contributed by atoms with Crippen LogP contribution in [0, 0.1) is 26.2 Å². The van der Waals surface area contributed by atoms with Gasteiger partial charge in [-0.3, -0.25) is 5.41 Å². The maximum Gasteiger partial charge on any atom is 0.213 e. The van der Waals surface area contributed by atoms with Crippen molar-refractivity contribution in [2.75, 3.05) is 7.11 Å². The number of aryl methyl sites for hydroxylation is 2. The second-order valence-corrected chi connectivity index (χ2v) is 6.44. The number of nitrogens with zero attached hydrogens (tertiary/aromatic N) is 2. The van der Waals surface area contributed by atoms with E-state index in [9.17, 15) is 0 Å². The summed E-state index contributed by atoms with van der Waals surface area (Å²) in [6, 6.07) is 16.5. The number of hydrogen-bond donors (Lipinski definition) is 2. The summed E-state index contributed by atoms with van der Waals surface area (Å²) >= 11 is 0. The van der Waals surface area contributed by atoms with Crippen LogP contribution in [0.15, 0.2) is 48.5 Å². The number of rotatable bonds is 4. The Hall–Kier alpha value is -3.08. The van der Waals surface area contributed by atoms with E-state index in [2.05, 4.69) is 42.4 Å². The molecule has 134 valence electrons. The summed E-state index contributed by atoms with van der Waals surface area (Å²) in [6.07, 6.45) is 0. The molecule has 3 aromatic rings. The number of nitrogens with two attached hydrogens (primary N) is 1. The summed E-state index contributed by atoms with van der Waals surface area (Å²) in [6.45, 7) is 6.05. The lowest BCUT2D eigenvalue weighted by molar-refractivity contribution is 0.414. The largest absolute Gasteiger partial charge is 0.497 e. The van der Waals surface area contributed by atoms with Crippen LogP contribution in [0.4, 0.5) is 0 Å². The van der Waals surface area contributed by atoms with Crippen molar-refractivity contribution in [1.82, 2.24) is 9.78 Å². The van der Waals surface area contributed by atoms with Crippen LogP contribution in [0.5, 0.6) is 5.75 Å². The van der Waals surface area contributed by atoms with E-state index >= 15 is 0 Å². The first kappa shape index (κ1) is 17.7. The Morgan fingerprint density at radius 2 is 1.73 bits per heavy atom. The number of hydrogen-bond acceptors (Lipinski definition) is 3. The van der Waals surface area contributed by atoms with Crippen molar-refractivity contribution in [2.24, 2.45) is 5.73 Å². The molecule has 0 spiro atoms. The van der Waals surface area contributed by atoms with Crippen LogP contribution in [-0.4, -0.2) is 22.8 Å². The van der Waals surface area contributed by atoms with Gasteiger partial charge >= 0.3 is 0 Å². The third kappa shape index (κ3) is 3.08. The molecule has 1 heterocycles. The summed E-state index contributed by atoms with van der Waals surface area (Å²) in [5.41, 5.74) is 12.1. The van der Waals surface area contributed by atoms with Gasteiger partial charge in [-0.2, -0.15) is 5.10 Å². The Morgan fingerprint density at radius 3 is 2.27 bits per heavy atom. The van der Waals surface area contributed by atoms with Gasteiger partial charge in [0.2, 0.25) is 5.96 Å². The zero-order valence-corrected chi connectivity index (χ0v) is 15.6. The Bertz CT molecular complexity index is 941. The fourth-order valence-electron chi connectivity index (χ4n) is 3.52. The fraction of sp³-hybridized carbons (Fsp3) is 0.238. The van der Waals surface area contributed by atoms with Gasteiger partial charge in [-0.05, 0) is 49.6 Å². The van der Waals surface area contributed by atoms with Gasteiger partial charge in [-0.1, -0.05) is 36.4 Å². The van der Waals surface area contributed by atoms with Crippen molar-refractivity contribution in [3.63, 3.8) is 0 Å². The Labute approximate surface area is 153 Å². The van der Waals surface area contributed by atoms with Crippen molar-refractivity contribution in [2.45, 2.75) is 26.7 Å². The van der Waals surface area contributed by atoms with E-state index in [1.54, 1.807) is 7.11 Å². The third-order valence-corrected chi connectivity index (χ3v) is 4.81. The molecular weight excluding hydrogens is 324 g/mol. The van der Waals surface area contributed by atoms with Crippen molar-refractivity contribution in [3.05, 3.63) is 82.2 Å². The highest BCUT2D eigenvalue weighted by Crippen LogP contribution is 2.37. The van der Waals surface area contributed by atoms with E-state index in [4.69, 9.17) is 15.9 Å². The third-order valence-electron chi connectivity index (χ3n) is 4.81. The van der Waals surface area contributed by atoms with E-state index in [0.29, 0.717) is 0 Å². The van der Waals surface area contributed by atoms with Gasteiger partial charge in [-0.15, -0.1) is 0 Å². The molecule has 26 heavy (non-hydrogen) atoms. The molecule has 0 saturated heterocycles. The molecule has 1 atom stereocenters. The first-order valence-electron chi connectivity index (χ1n) is 8.54. The molecular formula is C21H24N4O. The number of nitrogens with one attached hydrogen (secondary N) is 1. The molecule has 2 aromatic carbocycles. The molecule has 0 bridgehead atoms. The number of ether oxygens (including phenoxy) is 1. The van der Waals surface area contributed by atoms with E-state index in [0.717, 1.165) is 28.3 Å². The second kappa shape index (κ2) is 7.04. The van der Waals surface area contributed by atoms with Crippen molar-refractivity contribution in [1.29, 1.82) is 5.41 Å². The minimum absolute atomic E-state index is 0.00945. The highest BCUT2D eigenvalue weighted by atomic mass is 16.5. The number of benzene rings is 2. The molecule has 5 nitrogen and oxygen atoms in total. The molecule has 0 aliphatic heterocycles. The minimum Gasteiger partial charge on any atom is -0.497 e. The molecule has 0 aliphatic carbocycles. The summed E-state index contributed by atoms with van der Waals surface area (Å²) in [5.74, 6) is 0.760. The summed E-state index contributed by atoms with van der Waals surface area (Å²) in [4.78, 5) is 0. The second-order valence-electron chi connectivity index (χ2n) is 6.44. The lowest BCUT2D eigenvalue weighted by atomic mass is 9.82. The molecule has 3 rings (SSSR count). The molecule has 5 heteroatoms. The smallest absolute Gasteiger partial charge is 0.213 e. The van der Waals surface area contributed by atoms with Crippen LogP contribution in [-0.2, 0) is 0 Å². The highest BCUT2D eigenvalue weighted by Gasteiger charge is 2.26. The Kier molecular flexibility index (Phi) is 4.80. The lowest BCUT2D eigenvalue weighted by Crippen LogP contribution is -2.23. The average molecular weight is 348 g/mol. The van der Waals surface area contributed by atoms with Crippen LogP contribution in [0.1, 0.15) is 39.6 Å². The number of aromatic nitrogens is 2. The molecule has 0 fully saturated rings. The van der Waals surface area contributed by atoms with Crippen LogP contribution < -0.4 is 10.5 Å². The van der Waals surface area contributed by atoms with Crippen LogP contribution in [0.3, 0.4) is 0 Å². The fourth-order valence-corrected chi connectivity index (χ4v) is 3.52. The van der Waals surface area contributed by atoms with Crippen LogP contribution in [0.2, 0.25) is 0 Å².